The predicted octanol–water partition coefficient (Wildman–Crippen LogP) is 3.90. The number of halogens is 2. The van der Waals surface area contributed by atoms with Crippen LogP contribution in [0.3, 0.4) is 0 Å². The quantitative estimate of drug-likeness (QED) is 0.829. The molecule has 24 heavy (non-hydrogen) atoms. The zero-order valence-electron chi connectivity index (χ0n) is 12.9. The van der Waals surface area contributed by atoms with E-state index in [0.717, 1.165) is 6.42 Å². The standard InChI is InChI=1S/C16H15Cl2N3O3/c1-23-16-13(21-4-2-3-14(21)22)7-10(8-20-16)24-15-11(17)5-9(19)6-12(15)18/h5-8H,2-4,19H2,1H3. The molecule has 1 aliphatic rings. The molecular weight excluding hydrogens is 353 g/mol. The number of methoxy groups -OCH3 is 1. The SMILES string of the molecule is COc1ncc(Oc2c(Cl)cc(N)cc2Cl)cc1N1CCCC1=O. The maximum absolute atomic E-state index is 12.0. The van der Waals surface area contributed by atoms with Gasteiger partial charge in [-0.25, -0.2) is 4.98 Å². The number of pyridine rings is 1. The maximum atomic E-state index is 12.0. The van der Waals surface area contributed by atoms with Crippen molar-refractivity contribution in [2.75, 3.05) is 24.3 Å². The van der Waals surface area contributed by atoms with Gasteiger partial charge in [-0.15, -0.1) is 0 Å². The van der Waals surface area contributed by atoms with E-state index >= 15 is 0 Å². The van der Waals surface area contributed by atoms with Crippen molar-refractivity contribution in [3.63, 3.8) is 0 Å². The molecule has 0 saturated carbocycles. The maximum Gasteiger partial charge on any atom is 0.237 e. The first-order chi connectivity index (χ1) is 11.5. The summed E-state index contributed by atoms with van der Waals surface area (Å²) in [5.74, 6) is 1.04. The summed E-state index contributed by atoms with van der Waals surface area (Å²) in [7, 11) is 1.50. The largest absolute Gasteiger partial charge is 0.480 e. The topological polar surface area (TPSA) is 77.7 Å². The highest BCUT2D eigenvalue weighted by Gasteiger charge is 2.26. The van der Waals surface area contributed by atoms with Crippen molar-refractivity contribution in [1.82, 2.24) is 4.98 Å². The van der Waals surface area contributed by atoms with E-state index < -0.39 is 0 Å². The zero-order chi connectivity index (χ0) is 17.3. The number of anilines is 2. The number of hydrogen-bond donors (Lipinski definition) is 1. The zero-order valence-corrected chi connectivity index (χ0v) is 14.4. The highest BCUT2D eigenvalue weighted by molar-refractivity contribution is 6.37. The highest BCUT2D eigenvalue weighted by Crippen LogP contribution is 2.40. The molecule has 1 aliphatic heterocycles. The van der Waals surface area contributed by atoms with Gasteiger partial charge in [0, 0.05) is 24.7 Å². The molecule has 8 heteroatoms. The smallest absolute Gasteiger partial charge is 0.237 e. The molecule has 3 rings (SSSR count). The van der Waals surface area contributed by atoms with Crippen LogP contribution in [-0.4, -0.2) is 24.5 Å². The van der Waals surface area contributed by atoms with Crippen LogP contribution >= 0.6 is 23.2 Å². The van der Waals surface area contributed by atoms with Gasteiger partial charge < -0.3 is 20.1 Å². The first kappa shape index (κ1) is 16.7. The molecule has 2 N–H and O–H groups in total. The lowest BCUT2D eigenvalue weighted by Crippen LogP contribution is -2.24. The van der Waals surface area contributed by atoms with E-state index in [9.17, 15) is 4.79 Å². The van der Waals surface area contributed by atoms with E-state index in [2.05, 4.69) is 4.98 Å². The number of nitrogens with zero attached hydrogens (tertiary/aromatic N) is 2. The molecule has 1 fully saturated rings. The van der Waals surface area contributed by atoms with Crippen LogP contribution in [0.2, 0.25) is 10.0 Å². The molecule has 2 aromatic rings. The van der Waals surface area contributed by atoms with Crippen molar-refractivity contribution in [2.45, 2.75) is 12.8 Å². The third-order valence-corrected chi connectivity index (χ3v) is 4.17. The van der Waals surface area contributed by atoms with E-state index in [0.29, 0.717) is 36.0 Å². The number of amides is 1. The monoisotopic (exact) mass is 367 g/mol. The molecule has 1 amide bonds. The van der Waals surface area contributed by atoms with Gasteiger partial charge in [-0.05, 0) is 18.6 Å². The normalized spacial score (nSPS) is 14.1. The number of hydrogen-bond acceptors (Lipinski definition) is 5. The number of nitrogens with two attached hydrogens (primary N) is 1. The molecule has 0 radical (unpaired) electrons. The van der Waals surface area contributed by atoms with E-state index in [1.807, 2.05) is 0 Å². The Bertz CT molecular complexity index is 775. The highest BCUT2D eigenvalue weighted by atomic mass is 35.5. The summed E-state index contributed by atoms with van der Waals surface area (Å²) in [4.78, 5) is 17.8. The number of aromatic nitrogens is 1. The fourth-order valence-corrected chi connectivity index (χ4v) is 3.11. The van der Waals surface area contributed by atoms with Gasteiger partial charge in [0.15, 0.2) is 5.75 Å². The summed E-state index contributed by atoms with van der Waals surface area (Å²) < 4.78 is 11.0. The molecule has 0 unspecified atom stereocenters. The lowest BCUT2D eigenvalue weighted by molar-refractivity contribution is -0.117. The van der Waals surface area contributed by atoms with Crippen LogP contribution in [0, 0.1) is 0 Å². The summed E-state index contributed by atoms with van der Waals surface area (Å²) in [5.41, 5.74) is 6.68. The Morgan fingerprint density at radius 3 is 2.54 bits per heavy atom. The van der Waals surface area contributed by atoms with Crippen LogP contribution in [0.5, 0.6) is 17.4 Å². The van der Waals surface area contributed by atoms with E-state index in [1.165, 1.54) is 13.3 Å². The lowest BCUT2D eigenvalue weighted by atomic mass is 10.3. The minimum absolute atomic E-state index is 0.0239. The second-order valence-electron chi connectivity index (χ2n) is 5.26. The summed E-state index contributed by atoms with van der Waals surface area (Å²) in [6.07, 6.45) is 2.78. The third kappa shape index (κ3) is 3.20. The molecule has 0 aliphatic carbocycles. The number of nitrogen functional groups attached to an aromatic ring is 1. The average Bonchev–Trinajstić information content (AvgIpc) is 2.96. The number of rotatable bonds is 4. The summed E-state index contributed by atoms with van der Waals surface area (Å²) in [6.45, 7) is 0.615. The van der Waals surface area contributed by atoms with Crippen LogP contribution in [0.4, 0.5) is 11.4 Å². The van der Waals surface area contributed by atoms with Crippen LogP contribution in [0.1, 0.15) is 12.8 Å². The van der Waals surface area contributed by atoms with Gasteiger partial charge in [-0.2, -0.15) is 0 Å². The Balaban J connectivity index is 1.97. The number of carbonyl (C=O) groups excluding carboxylic acids is 1. The summed E-state index contributed by atoms with van der Waals surface area (Å²) >= 11 is 12.3. The van der Waals surface area contributed by atoms with Crippen molar-refractivity contribution in [1.29, 1.82) is 0 Å². The lowest BCUT2D eigenvalue weighted by Gasteiger charge is -2.19. The van der Waals surface area contributed by atoms with Crippen molar-refractivity contribution < 1.29 is 14.3 Å². The molecule has 0 atom stereocenters. The van der Waals surface area contributed by atoms with Gasteiger partial charge in [-0.1, -0.05) is 23.2 Å². The fraction of sp³-hybridized carbons (Fsp3) is 0.250. The summed E-state index contributed by atoms with van der Waals surface area (Å²) in [6, 6.07) is 4.77. The first-order valence-corrected chi connectivity index (χ1v) is 8.02. The van der Waals surface area contributed by atoms with E-state index in [4.69, 9.17) is 38.4 Å². The van der Waals surface area contributed by atoms with Crippen molar-refractivity contribution in [3.8, 4) is 17.4 Å². The van der Waals surface area contributed by atoms with Crippen molar-refractivity contribution in [2.24, 2.45) is 0 Å². The van der Waals surface area contributed by atoms with Crippen LogP contribution < -0.4 is 20.1 Å². The van der Waals surface area contributed by atoms with Gasteiger partial charge >= 0.3 is 0 Å². The molecular formula is C16H15Cl2N3O3. The Hall–Kier alpha value is -2.18. The molecule has 2 heterocycles. The van der Waals surface area contributed by atoms with E-state index in [-0.39, 0.29) is 21.7 Å². The Morgan fingerprint density at radius 2 is 1.96 bits per heavy atom. The molecule has 6 nitrogen and oxygen atoms in total. The Morgan fingerprint density at radius 1 is 1.25 bits per heavy atom. The van der Waals surface area contributed by atoms with Gasteiger partial charge in [0.25, 0.3) is 0 Å². The minimum atomic E-state index is 0.0239. The number of benzene rings is 1. The predicted molar refractivity (Wildman–Crippen MR) is 93.3 cm³/mol. The van der Waals surface area contributed by atoms with Gasteiger partial charge in [0.1, 0.15) is 11.4 Å². The van der Waals surface area contributed by atoms with Crippen LogP contribution in [-0.2, 0) is 4.79 Å². The molecule has 0 spiro atoms. The third-order valence-electron chi connectivity index (χ3n) is 3.61. The summed E-state index contributed by atoms with van der Waals surface area (Å²) in [5, 5.41) is 0.573. The minimum Gasteiger partial charge on any atom is -0.480 e. The molecule has 126 valence electrons. The molecule has 1 aromatic carbocycles. The van der Waals surface area contributed by atoms with Crippen LogP contribution in [0.15, 0.2) is 24.4 Å². The van der Waals surface area contributed by atoms with Gasteiger partial charge in [0.05, 0.1) is 23.4 Å². The second-order valence-corrected chi connectivity index (χ2v) is 6.08. The van der Waals surface area contributed by atoms with Crippen molar-refractivity contribution in [3.05, 3.63) is 34.4 Å². The average molecular weight is 368 g/mol. The van der Waals surface area contributed by atoms with E-state index in [1.54, 1.807) is 23.1 Å². The number of ether oxygens (including phenoxy) is 2. The van der Waals surface area contributed by atoms with Crippen molar-refractivity contribution >= 4 is 40.5 Å². The molecule has 1 aromatic heterocycles. The number of carbonyl (C=O) groups is 1. The fourth-order valence-electron chi connectivity index (χ4n) is 2.53. The molecule has 1 saturated heterocycles. The first-order valence-electron chi connectivity index (χ1n) is 7.26. The second kappa shape index (κ2) is 6.75. The Kier molecular flexibility index (Phi) is 4.69. The van der Waals surface area contributed by atoms with Gasteiger partial charge in [0.2, 0.25) is 11.8 Å². The molecule has 0 bridgehead atoms. The Labute approximate surface area is 149 Å². The van der Waals surface area contributed by atoms with Crippen LogP contribution in [0.25, 0.3) is 0 Å². The van der Waals surface area contributed by atoms with Gasteiger partial charge in [-0.3, -0.25) is 4.79 Å².